The van der Waals surface area contributed by atoms with Crippen LogP contribution in [0.2, 0.25) is 5.15 Å². The number of hydrogen-bond donors (Lipinski definition) is 1. The fourth-order valence-corrected chi connectivity index (χ4v) is 3.74. The molecule has 9 heteroatoms. The molecule has 1 atom stereocenters. The summed E-state index contributed by atoms with van der Waals surface area (Å²) in [5.41, 5.74) is 1.45. The molecule has 0 aliphatic carbocycles. The molecule has 0 radical (unpaired) electrons. The quantitative estimate of drug-likeness (QED) is 0.381. The van der Waals surface area contributed by atoms with Gasteiger partial charge in [0.25, 0.3) is 0 Å². The molecule has 0 saturated carbocycles. The highest BCUT2D eigenvalue weighted by Gasteiger charge is 2.35. The Kier molecular flexibility index (Phi) is 5.58. The zero-order valence-corrected chi connectivity index (χ0v) is 16.7. The Hall–Kier alpha value is -3.13. The van der Waals surface area contributed by atoms with E-state index in [-0.39, 0.29) is 5.15 Å². The van der Waals surface area contributed by atoms with Crippen molar-refractivity contribution in [3.05, 3.63) is 94.0 Å². The van der Waals surface area contributed by atoms with Crippen molar-refractivity contribution < 1.29 is 22.4 Å². The number of halogens is 5. The number of urea groups is 1. The van der Waals surface area contributed by atoms with E-state index >= 15 is 0 Å². The van der Waals surface area contributed by atoms with Crippen molar-refractivity contribution >= 4 is 23.3 Å². The topological polar surface area (TPSA) is 45.2 Å². The van der Waals surface area contributed by atoms with Gasteiger partial charge >= 0.3 is 12.2 Å². The number of nitrogens with zero attached hydrogens (tertiary/aromatic N) is 2. The molecule has 0 spiro atoms. The second-order valence-electron chi connectivity index (χ2n) is 7.08. The van der Waals surface area contributed by atoms with Crippen molar-refractivity contribution in [3.8, 4) is 0 Å². The molecule has 0 unspecified atom stereocenters. The molecule has 2 amide bonds. The fourth-order valence-electron chi connectivity index (χ4n) is 3.58. The second kappa shape index (κ2) is 8.19. The van der Waals surface area contributed by atoms with Crippen LogP contribution in [-0.4, -0.2) is 22.5 Å². The third-order valence-electron chi connectivity index (χ3n) is 5.08. The molecular formula is C22H16ClF4N3O. The fraction of sp³-hybridized carbons (Fsp3) is 0.182. The summed E-state index contributed by atoms with van der Waals surface area (Å²) in [4.78, 5) is 18.9. The van der Waals surface area contributed by atoms with Gasteiger partial charge in [-0.15, -0.1) is 0 Å². The zero-order chi connectivity index (χ0) is 22.2. The molecule has 4 nitrogen and oxygen atoms in total. The number of aromatic nitrogens is 1. The third kappa shape index (κ3) is 4.49. The molecular weight excluding hydrogens is 434 g/mol. The molecule has 160 valence electrons. The van der Waals surface area contributed by atoms with Crippen LogP contribution in [0.4, 0.5) is 28.0 Å². The summed E-state index contributed by atoms with van der Waals surface area (Å²) in [5, 5.41) is 2.92. The number of carbonyl (C=O) groups is 1. The lowest BCUT2D eigenvalue weighted by molar-refractivity contribution is -0.137. The number of fused-ring (bicyclic) bond motifs is 1. The lowest BCUT2D eigenvalue weighted by Gasteiger charge is -2.37. The predicted octanol–water partition coefficient (Wildman–Crippen LogP) is 6.07. The highest BCUT2D eigenvalue weighted by Crippen LogP contribution is 2.37. The monoisotopic (exact) mass is 449 g/mol. The van der Waals surface area contributed by atoms with Crippen molar-refractivity contribution in [2.75, 3.05) is 11.9 Å². The number of rotatable bonds is 2. The number of alkyl halides is 3. The third-order valence-corrected chi connectivity index (χ3v) is 5.29. The number of nitrogens with one attached hydrogen (secondary N) is 1. The Morgan fingerprint density at radius 3 is 2.35 bits per heavy atom. The van der Waals surface area contributed by atoms with Crippen molar-refractivity contribution in [2.45, 2.75) is 18.6 Å². The van der Waals surface area contributed by atoms with E-state index in [1.54, 1.807) is 12.1 Å². The minimum atomic E-state index is -4.47. The van der Waals surface area contributed by atoms with Crippen molar-refractivity contribution in [1.82, 2.24) is 9.88 Å². The molecule has 2 heterocycles. The van der Waals surface area contributed by atoms with Crippen molar-refractivity contribution in [2.24, 2.45) is 0 Å². The summed E-state index contributed by atoms with van der Waals surface area (Å²) in [6.07, 6.45) is -3.96. The van der Waals surface area contributed by atoms with Crippen LogP contribution in [0.15, 0.2) is 60.7 Å². The summed E-state index contributed by atoms with van der Waals surface area (Å²) in [6, 6.07) is 12.1. The molecule has 1 aliphatic heterocycles. The number of hydrogen-bond acceptors (Lipinski definition) is 2. The highest BCUT2D eigenvalue weighted by molar-refractivity contribution is 6.29. The lowest BCUT2D eigenvalue weighted by Crippen LogP contribution is -2.43. The van der Waals surface area contributed by atoms with Crippen LogP contribution in [0, 0.1) is 5.82 Å². The first-order chi connectivity index (χ1) is 14.7. The largest absolute Gasteiger partial charge is 0.416 e. The summed E-state index contributed by atoms with van der Waals surface area (Å²) < 4.78 is 52.2. The number of amides is 2. The van der Waals surface area contributed by atoms with Gasteiger partial charge in [-0.2, -0.15) is 13.2 Å². The van der Waals surface area contributed by atoms with Crippen LogP contribution in [-0.2, 0) is 12.6 Å². The minimum absolute atomic E-state index is 0.219. The Bertz CT molecular complexity index is 1100. The van der Waals surface area contributed by atoms with Crippen LogP contribution in [0.1, 0.15) is 28.4 Å². The Labute approximate surface area is 180 Å². The first kappa shape index (κ1) is 21.1. The van der Waals surface area contributed by atoms with Gasteiger partial charge in [0.2, 0.25) is 0 Å². The molecule has 1 aliphatic rings. The van der Waals surface area contributed by atoms with Gasteiger partial charge in [0.05, 0.1) is 11.3 Å². The molecule has 0 bridgehead atoms. The maximum Gasteiger partial charge on any atom is 0.416 e. The molecule has 31 heavy (non-hydrogen) atoms. The molecule has 1 N–H and O–H groups in total. The maximum absolute atomic E-state index is 13.2. The van der Waals surface area contributed by atoms with E-state index < -0.39 is 29.6 Å². The van der Waals surface area contributed by atoms with E-state index in [0.29, 0.717) is 29.9 Å². The van der Waals surface area contributed by atoms with Crippen molar-refractivity contribution in [3.63, 3.8) is 0 Å². The van der Waals surface area contributed by atoms with Gasteiger partial charge in [-0.05, 0) is 60.0 Å². The summed E-state index contributed by atoms with van der Waals surface area (Å²) >= 11 is 6.07. The van der Waals surface area contributed by atoms with Gasteiger partial charge < -0.3 is 10.2 Å². The molecule has 0 fully saturated rings. The van der Waals surface area contributed by atoms with Crippen LogP contribution in [0.25, 0.3) is 0 Å². The van der Waals surface area contributed by atoms with Crippen LogP contribution >= 0.6 is 11.6 Å². The minimum Gasteiger partial charge on any atom is -0.311 e. The van der Waals surface area contributed by atoms with E-state index in [9.17, 15) is 22.4 Å². The SMILES string of the molecule is O=C(Nc1ccc(F)cc1)N1CCc2ccc(Cl)nc2[C@@H]1c1ccc(C(F)(F)F)cc1. The molecule has 2 aromatic carbocycles. The van der Waals surface area contributed by atoms with E-state index in [4.69, 9.17) is 11.6 Å². The smallest absolute Gasteiger partial charge is 0.311 e. The first-order valence-electron chi connectivity index (χ1n) is 9.38. The van der Waals surface area contributed by atoms with Crippen LogP contribution in [0.3, 0.4) is 0 Å². The average molecular weight is 450 g/mol. The number of anilines is 1. The lowest BCUT2D eigenvalue weighted by atomic mass is 9.92. The van der Waals surface area contributed by atoms with E-state index in [1.165, 1.54) is 41.3 Å². The van der Waals surface area contributed by atoms with E-state index in [0.717, 1.165) is 17.7 Å². The van der Waals surface area contributed by atoms with E-state index in [1.807, 2.05) is 0 Å². The molecule has 3 aromatic rings. The van der Waals surface area contributed by atoms with Gasteiger partial charge in [0.15, 0.2) is 0 Å². The van der Waals surface area contributed by atoms with Crippen LogP contribution in [0.5, 0.6) is 0 Å². The second-order valence-corrected chi connectivity index (χ2v) is 7.47. The van der Waals surface area contributed by atoms with Crippen LogP contribution < -0.4 is 5.32 Å². The number of benzene rings is 2. The molecule has 4 rings (SSSR count). The maximum atomic E-state index is 13.2. The van der Waals surface area contributed by atoms with Gasteiger partial charge in [-0.1, -0.05) is 29.8 Å². The zero-order valence-electron chi connectivity index (χ0n) is 16.0. The standard InChI is InChI=1S/C22H16ClF4N3O/c23-18-10-3-13-11-12-30(21(31)28-17-8-6-16(24)7-9-17)20(19(13)29-18)14-1-4-15(5-2-14)22(25,26)27/h1-10,20H,11-12H2,(H,28,31)/t20-/m0/s1. The summed E-state index contributed by atoms with van der Waals surface area (Å²) in [5.74, 6) is -0.439. The first-order valence-corrected chi connectivity index (χ1v) is 9.76. The number of carbonyl (C=O) groups excluding carboxylic acids is 1. The van der Waals surface area contributed by atoms with Gasteiger partial charge in [-0.25, -0.2) is 14.2 Å². The predicted molar refractivity (Wildman–Crippen MR) is 108 cm³/mol. The number of pyridine rings is 1. The van der Waals surface area contributed by atoms with Gasteiger partial charge in [-0.3, -0.25) is 0 Å². The van der Waals surface area contributed by atoms with Gasteiger partial charge in [0, 0.05) is 12.2 Å². The highest BCUT2D eigenvalue weighted by atomic mass is 35.5. The Balaban J connectivity index is 1.71. The normalized spacial score (nSPS) is 16.0. The molecule has 1 aromatic heterocycles. The molecule has 0 saturated heterocycles. The Morgan fingerprint density at radius 2 is 1.71 bits per heavy atom. The Morgan fingerprint density at radius 1 is 1.03 bits per heavy atom. The summed E-state index contributed by atoms with van der Waals surface area (Å²) in [6.45, 7) is 0.315. The average Bonchev–Trinajstić information content (AvgIpc) is 2.74. The van der Waals surface area contributed by atoms with Crippen molar-refractivity contribution in [1.29, 1.82) is 0 Å². The van der Waals surface area contributed by atoms with Gasteiger partial charge in [0.1, 0.15) is 17.0 Å². The van der Waals surface area contributed by atoms with E-state index in [2.05, 4.69) is 10.3 Å². The summed E-state index contributed by atoms with van der Waals surface area (Å²) in [7, 11) is 0.